The van der Waals surface area contributed by atoms with Crippen molar-refractivity contribution in [1.82, 2.24) is 5.32 Å². The first-order chi connectivity index (χ1) is 8.04. The fraction of sp³-hybridized carbons (Fsp3) is 0.500. The van der Waals surface area contributed by atoms with Crippen molar-refractivity contribution in [2.75, 3.05) is 18.4 Å². The van der Waals surface area contributed by atoms with Crippen molar-refractivity contribution in [1.29, 1.82) is 0 Å². The highest BCUT2D eigenvalue weighted by atomic mass is 16.1. The number of anilines is 1. The first kappa shape index (κ1) is 13.7. The summed E-state index contributed by atoms with van der Waals surface area (Å²) in [6, 6.07) is 5.98. The Balaban J connectivity index is 2.58. The van der Waals surface area contributed by atoms with Crippen LogP contribution >= 0.6 is 0 Å². The van der Waals surface area contributed by atoms with Crippen LogP contribution in [0, 0.1) is 19.8 Å². The lowest BCUT2D eigenvalue weighted by atomic mass is 10.1. The molecule has 0 bridgehead atoms. The summed E-state index contributed by atoms with van der Waals surface area (Å²) in [5, 5.41) is 6.11. The summed E-state index contributed by atoms with van der Waals surface area (Å²) in [5.41, 5.74) is 3.31. The number of nitrogens with one attached hydrogen (secondary N) is 2. The topological polar surface area (TPSA) is 41.1 Å². The van der Waals surface area contributed by atoms with Crippen LogP contribution < -0.4 is 10.6 Å². The molecule has 0 aliphatic rings. The average Bonchev–Trinajstić information content (AvgIpc) is 2.30. The van der Waals surface area contributed by atoms with Crippen LogP contribution in [0.2, 0.25) is 0 Å². The molecule has 1 amide bonds. The molecular formula is C14H22N2O. The van der Waals surface area contributed by atoms with E-state index in [4.69, 9.17) is 0 Å². The van der Waals surface area contributed by atoms with E-state index >= 15 is 0 Å². The van der Waals surface area contributed by atoms with E-state index < -0.39 is 0 Å². The van der Waals surface area contributed by atoms with Gasteiger partial charge in [0.25, 0.3) is 0 Å². The van der Waals surface area contributed by atoms with Gasteiger partial charge in [0.15, 0.2) is 0 Å². The molecule has 1 rings (SSSR count). The van der Waals surface area contributed by atoms with Crippen LogP contribution in [0.1, 0.15) is 25.0 Å². The molecule has 94 valence electrons. The molecule has 0 aliphatic heterocycles. The van der Waals surface area contributed by atoms with Gasteiger partial charge < -0.3 is 10.6 Å². The molecule has 0 saturated carbocycles. The van der Waals surface area contributed by atoms with Crippen molar-refractivity contribution >= 4 is 11.6 Å². The summed E-state index contributed by atoms with van der Waals surface area (Å²) in [5.74, 6) is 0.0470. The van der Waals surface area contributed by atoms with Crippen molar-refractivity contribution < 1.29 is 4.79 Å². The minimum Gasteiger partial charge on any atom is -0.326 e. The molecular weight excluding hydrogens is 212 g/mol. The van der Waals surface area contributed by atoms with Crippen LogP contribution in [0.25, 0.3) is 0 Å². The fourth-order valence-corrected chi connectivity index (χ4v) is 1.54. The van der Waals surface area contributed by atoms with E-state index in [0.717, 1.165) is 12.2 Å². The van der Waals surface area contributed by atoms with Crippen LogP contribution in [-0.4, -0.2) is 19.0 Å². The van der Waals surface area contributed by atoms with Gasteiger partial charge >= 0.3 is 0 Å². The number of aryl methyl sites for hydroxylation is 2. The zero-order valence-electron chi connectivity index (χ0n) is 11.1. The van der Waals surface area contributed by atoms with Gasteiger partial charge in [-0.15, -0.1) is 0 Å². The molecule has 0 heterocycles. The Kier molecular flexibility index (Phi) is 5.16. The number of hydrogen-bond donors (Lipinski definition) is 2. The molecule has 0 aliphatic carbocycles. The van der Waals surface area contributed by atoms with E-state index in [0.29, 0.717) is 6.54 Å². The van der Waals surface area contributed by atoms with E-state index in [1.54, 1.807) is 0 Å². The molecule has 1 aromatic rings. The number of hydrogen-bond acceptors (Lipinski definition) is 2. The van der Waals surface area contributed by atoms with E-state index in [2.05, 4.69) is 17.6 Å². The van der Waals surface area contributed by atoms with Gasteiger partial charge in [0, 0.05) is 18.2 Å². The molecule has 3 nitrogen and oxygen atoms in total. The summed E-state index contributed by atoms with van der Waals surface area (Å²) in [6.07, 6.45) is 0. The highest BCUT2D eigenvalue weighted by Crippen LogP contribution is 2.14. The number of amides is 1. The van der Waals surface area contributed by atoms with Gasteiger partial charge in [0.1, 0.15) is 0 Å². The minimum absolute atomic E-state index is 0.0171. The third kappa shape index (κ3) is 4.19. The van der Waals surface area contributed by atoms with E-state index in [1.807, 2.05) is 39.0 Å². The summed E-state index contributed by atoms with van der Waals surface area (Å²) in [6.45, 7) is 9.68. The summed E-state index contributed by atoms with van der Waals surface area (Å²) >= 11 is 0. The number of rotatable bonds is 5. The highest BCUT2D eigenvalue weighted by molar-refractivity contribution is 5.92. The molecule has 17 heavy (non-hydrogen) atoms. The molecule has 0 fully saturated rings. The number of carbonyl (C=O) groups excluding carboxylic acids is 1. The lowest BCUT2D eigenvalue weighted by molar-refractivity contribution is -0.119. The van der Waals surface area contributed by atoms with Gasteiger partial charge in [-0.1, -0.05) is 19.9 Å². The Labute approximate surface area is 104 Å². The molecule has 3 heteroatoms. The van der Waals surface area contributed by atoms with E-state index in [-0.39, 0.29) is 11.8 Å². The lowest BCUT2D eigenvalue weighted by Crippen LogP contribution is -2.30. The maximum atomic E-state index is 11.9. The maximum Gasteiger partial charge on any atom is 0.228 e. The molecule has 0 aromatic heterocycles. The van der Waals surface area contributed by atoms with E-state index in [1.165, 1.54) is 11.1 Å². The van der Waals surface area contributed by atoms with Gasteiger partial charge in [-0.05, 0) is 43.7 Å². The second-order valence-corrected chi connectivity index (χ2v) is 4.50. The summed E-state index contributed by atoms with van der Waals surface area (Å²) < 4.78 is 0. The zero-order chi connectivity index (χ0) is 12.8. The number of carbonyl (C=O) groups is 1. The minimum atomic E-state index is -0.0171. The maximum absolute atomic E-state index is 11.9. The lowest BCUT2D eigenvalue weighted by Gasteiger charge is -2.13. The molecule has 1 atom stereocenters. The van der Waals surface area contributed by atoms with Crippen molar-refractivity contribution in [2.45, 2.75) is 27.7 Å². The van der Waals surface area contributed by atoms with Crippen LogP contribution in [0.4, 0.5) is 5.69 Å². The van der Waals surface area contributed by atoms with Crippen LogP contribution in [0.3, 0.4) is 0 Å². The Bertz CT molecular complexity index is 388. The monoisotopic (exact) mass is 234 g/mol. The van der Waals surface area contributed by atoms with Gasteiger partial charge in [-0.25, -0.2) is 0 Å². The summed E-state index contributed by atoms with van der Waals surface area (Å²) in [4.78, 5) is 11.9. The second kappa shape index (κ2) is 6.40. The Hall–Kier alpha value is -1.35. The van der Waals surface area contributed by atoms with Crippen LogP contribution in [0.15, 0.2) is 18.2 Å². The van der Waals surface area contributed by atoms with Gasteiger partial charge in [0.05, 0.1) is 0 Å². The Morgan fingerprint density at radius 1 is 1.29 bits per heavy atom. The third-order valence-corrected chi connectivity index (χ3v) is 2.92. The van der Waals surface area contributed by atoms with Crippen molar-refractivity contribution in [3.05, 3.63) is 29.3 Å². The quantitative estimate of drug-likeness (QED) is 0.822. The van der Waals surface area contributed by atoms with E-state index in [9.17, 15) is 4.79 Å². The Morgan fingerprint density at radius 3 is 2.59 bits per heavy atom. The first-order valence-corrected chi connectivity index (χ1v) is 6.13. The number of benzene rings is 1. The second-order valence-electron chi connectivity index (χ2n) is 4.50. The predicted molar refractivity (Wildman–Crippen MR) is 72.3 cm³/mol. The Morgan fingerprint density at radius 2 is 2.00 bits per heavy atom. The SMILES string of the molecule is CCNCC(C)C(=O)Nc1ccc(C)c(C)c1. The van der Waals surface area contributed by atoms with Gasteiger partial charge in [0.2, 0.25) is 5.91 Å². The third-order valence-electron chi connectivity index (χ3n) is 2.92. The van der Waals surface area contributed by atoms with Crippen molar-refractivity contribution in [3.63, 3.8) is 0 Å². The molecule has 0 radical (unpaired) electrons. The molecule has 2 N–H and O–H groups in total. The normalized spacial score (nSPS) is 12.2. The summed E-state index contributed by atoms with van der Waals surface area (Å²) in [7, 11) is 0. The first-order valence-electron chi connectivity index (χ1n) is 6.13. The van der Waals surface area contributed by atoms with Crippen molar-refractivity contribution in [2.24, 2.45) is 5.92 Å². The van der Waals surface area contributed by atoms with Gasteiger partial charge in [-0.3, -0.25) is 4.79 Å². The largest absolute Gasteiger partial charge is 0.326 e. The molecule has 1 aromatic carbocycles. The highest BCUT2D eigenvalue weighted by Gasteiger charge is 2.12. The molecule has 0 saturated heterocycles. The zero-order valence-corrected chi connectivity index (χ0v) is 11.1. The van der Waals surface area contributed by atoms with Crippen LogP contribution in [-0.2, 0) is 4.79 Å². The standard InChI is InChI=1S/C14H22N2O/c1-5-15-9-12(4)14(17)16-13-7-6-10(2)11(3)8-13/h6-8,12,15H,5,9H2,1-4H3,(H,16,17). The smallest absolute Gasteiger partial charge is 0.228 e. The average molecular weight is 234 g/mol. The molecule has 0 spiro atoms. The van der Waals surface area contributed by atoms with Gasteiger partial charge in [-0.2, -0.15) is 0 Å². The van der Waals surface area contributed by atoms with Crippen LogP contribution in [0.5, 0.6) is 0 Å². The molecule has 1 unspecified atom stereocenters. The van der Waals surface area contributed by atoms with Crippen molar-refractivity contribution in [3.8, 4) is 0 Å². The fourth-order valence-electron chi connectivity index (χ4n) is 1.54. The predicted octanol–water partition coefficient (Wildman–Crippen LogP) is 2.49.